The van der Waals surface area contributed by atoms with Gasteiger partial charge in [0.2, 0.25) is 6.10 Å². The summed E-state index contributed by atoms with van der Waals surface area (Å²) in [6, 6.07) is 19.7. The largest absolute Gasteiger partial charge is 0.476 e. The molecule has 1 unspecified atom stereocenters. The highest BCUT2D eigenvalue weighted by molar-refractivity contribution is 5.82. The van der Waals surface area contributed by atoms with Gasteiger partial charge >= 0.3 is 5.97 Å². The van der Waals surface area contributed by atoms with Crippen LogP contribution in [-0.4, -0.2) is 16.9 Å². The molecule has 0 aliphatic rings. The maximum atomic E-state index is 12.9. The van der Waals surface area contributed by atoms with Crippen molar-refractivity contribution in [3.63, 3.8) is 0 Å². The molecule has 0 aliphatic heterocycles. The number of benzene rings is 2. The number of aromatic nitrogens is 1. The topological polar surface area (TPSA) is 77.5 Å². The molecule has 1 heterocycles. The van der Waals surface area contributed by atoms with Gasteiger partial charge in [0.05, 0.1) is 0 Å². The van der Waals surface area contributed by atoms with Gasteiger partial charge in [0.25, 0.3) is 5.91 Å². The van der Waals surface area contributed by atoms with Crippen LogP contribution in [0.15, 0.2) is 79.1 Å². The fraction of sp³-hybridized carbons (Fsp3) is 0.136. The molecule has 1 aromatic heterocycles. The van der Waals surface area contributed by atoms with Gasteiger partial charge in [0.15, 0.2) is 0 Å². The Balaban J connectivity index is 1.76. The van der Waals surface area contributed by atoms with Crippen LogP contribution in [-0.2, 0) is 16.1 Å². The average molecular weight is 376 g/mol. The molecular formula is C22H20N2O4. The minimum absolute atomic E-state index is 0.192. The summed E-state index contributed by atoms with van der Waals surface area (Å²) in [5, 5.41) is 2.85. The molecule has 3 rings (SSSR count). The van der Waals surface area contributed by atoms with E-state index in [4.69, 9.17) is 9.47 Å². The predicted molar refractivity (Wildman–Crippen MR) is 104 cm³/mol. The van der Waals surface area contributed by atoms with Crippen molar-refractivity contribution in [2.75, 3.05) is 0 Å². The molecule has 0 fully saturated rings. The summed E-state index contributed by atoms with van der Waals surface area (Å²) in [7, 11) is 0. The summed E-state index contributed by atoms with van der Waals surface area (Å²) in [6.07, 6.45) is 2.37. The van der Waals surface area contributed by atoms with Gasteiger partial charge in [-0.05, 0) is 24.3 Å². The first-order valence-electron chi connectivity index (χ1n) is 8.79. The van der Waals surface area contributed by atoms with Crippen molar-refractivity contribution in [1.29, 1.82) is 0 Å². The number of rotatable bonds is 7. The number of hydrogen-bond donors (Lipinski definition) is 1. The molecule has 6 nitrogen and oxygen atoms in total. The molecule has 3 aromatic rings. The molecular weight excluding hydrogens is 356 g/mol. The van der Waals surface area contributed by atoms with Gasteiger partial charge in [0.1, 0.15) is 11.5 Å². The van der Waals surface area contributed by atoms with E-state index in [0.717, 1.165) is 0 Å². The fourth-order valence-corrected chi connectivity index (χ4v) is 2.62. The van der Waals surface area contributed by atoms with Crippen LogP contribution in [0.25, 0.3) is 0 Å². The molecule has 1 amide bonds. The lowest BCUT2D eigenvalue weighted by Crippen LogP contribution is -2.32. The Morgan fingerprint density at radius 3 is 2.46 bits per heavy atom. The second-order valence-corrected chi connectivity index (χ2v) is 6.02. The third-order valence-corrected chi connectivity index (χ3v) is 3.90. The zero-order chi connectivity index (χ0) is 19.8. The first-order chi connectivity index (χ1) is 13.6. The Morgan fingerprint density at radius 1 is 1.00 bits per heavy atom. The molecule has 6 heteroatoms. The minimum atomic E-state index is -0.864. The number of hydrogen-bond acceptors (Lipinski definition) is 5. The summed E-state index contributed by atoms with van der Waals surface area (Å²) in [6.45, 7) is 1.53. The smallest absolute Gasteiger partial charge is 0.308 e. The van der Waals surface area contributed by atoms with Crippen molar-refractivity contribution < 1.29 is 19.1 Å². The molecule has 1 atom stereocenters. The van der Waals surface area contributed by atoms with Crippen molar-refractivity contribution in [2.45, 2.75) is 19.6 Å². The lowest BCUT2D eigenvalue weighted by molar-refractivity contribution is -0.131. The maximum absolute atomic E-state index is 12.9. The quantitative estimate of drug-likeness (QED) is 0.505. The number of para-hydroxylation sites is 2. The second-order valence-electron chi connectivity index (χ2n) is 6.02. The summed E-state index contributed by atoms with van der Waals surface area (Å²) in [5.74, 6) is 0.248. The van der Waals surface area contributed by atoms with Gasteiger partial charge in [-0.3, -0.25) is 14.6 Å². The number of carbonyl (C=O) groups is 2. The van der Waals surface area contributed by atoms with Gasteiger partial charge in [-0.25, -0.2) is 0 Å². The molecule has 0 saturated heterocycles. The Bertz CT molecular complexity index is 930. The normalized spacial score (nSPS) is 11.3. The van der Waals surface area contributed by atoms with Crippen molar-refractivity contribution in [3.05, 3.63) is 90.3 Å². The van der Waals surface area contributed by atoms with Crippen LogP contribution in [0.5, 0.6) is 11.5 Å². The molecule has 2 aromatic carbocycles. The van der Waals surface area contributed by atoms with Crippen LogP contribution in [0, 0.1) is 0 Å². The van der Waals surface area contributed by atoms with E-state index in [1.165, 1.54) is 6.92 Å². The second kappa shape index (κ2) is 9.32. The fourth-order valence-electron chi connectivity index (χ4n) is 2.62. The van der Waals surface area contributed by atoms with Gasteiger partial charge < -0.3 is 14.8 Å². The van der Waals surface area contributed by atoms with Crippen LogP contribution < -0.4 is 14.8 Å². The molecule has 0 radical (unpaired) electrons. The maximum Gasteiger partial charge on any atom is 0.308 e. The number of pyridine rings is 1. The third-order valence-electron chi connectivity index (χ3n) is 3.90. The van der Waals surface area contributed by atoms with Crippen molar-refractivity contribution >= 4 is 11.9 Å². The monoisotopic (exact) mass is 376 g/mol. The first-order valence-corrected chi connectivity index (χ1v) is 8.79. The zero-order valence-electron chi connectivity index (χ0n) is 15.4. The van der Waals surface area contributed by atoms with Gasteiger partial charge in [0, 0.05) is 37.0 Å². The third kappa shape index (κ3) is 5.17. The van der Waals surface area contributed by atoms with Crippen LogP contribution >= 0.6 is 0 Å². The summed E-state index contributed by atoms with van der Waals surface area (Å²) < 4.78 is 11.1. The molecule has 28 heavy (non-hydrogen) atoms. The number of ether oxygens (including phenoxy) is 2. The highest BCUT2D eigenvalue weighted by Crippen LogP contribution is 2.23. The SMILES string of the molecule is CC(=O)Oc1ccccc1CNC(=O)C(Oc1ccccc1)c1cccnc1. The number of nitrogens with one attached hydrogen (secondary N) is 1. The average Bonchev–Trinajstić information content (AvgIpc) is 2.72. The minimum Gasteiger partial charge on any atom is -0.476 e. The zero-order valence-corrected chi connectivity index (χ0v) is 15.4. The summed E-state index contributed by atoms with van der Waals surface area (Å²) in [4.78, 5) is 28.2. The molecule has 0 aliphatic carbocycles. The molecule has 1 N–H and O–H groups in total. The summed E-state index contributed by atoms with van der Waals surface area (Å²) >= 11 is 0. The van der Waals surface area contributed by atoms with Crippen molar-refractivity contribution in [3.8, 4) is 11.5 Å². The number of carbonyl (C=O) groups excluding carboxylic acids is 2. The van der Waals surface area contributed by atoms with E-state index in [2.05, 4.69) is 10.3 Å². The van der Waals surface area contributed by atoms with Crippen molar-refractivity contribution in [2.24, 2.45) is 0 Å². The van der Waals surface area contributed by atoms with E-state index >= 15 is 0 Å². The van der Waals surface area contributed by atoms with Crippen LogP contribution in [0.1, 0.15) is 24.2 Å². The Kier molecular flexibility index (Phi) is 6.36. The molecule has 0 saturated carbocycles. The Hall–Kier alpha value is -3.67. The van der Waals surface area contributed by atoms with E-state index < -0.39 is 12.1 Å². The number of nitrogens with zero attached hydrogens (tertiary/aromatic N) is 1. The molecule has 0 spiro atoms. The van der Waals surface area contributed by atoms with E-state index in [0.29, 0.717) is 22.6 Å². The Morgan fingerprint density at radius 2 is 1.75 bits per heavy atom. The van der Waals surface area contributed by atoms with Crippen LogP contribution in [0.4, 0.5) is 0 Å². The number of esters is 1. The van der Waals surface area contributed by atoms with Gasteiger partial charge in [-0.2, -0.15) is 0 Å². The molecule has 0 bridgehead atoms. The van der Waals surface area contributed by atoms with Crippen molar-refractivity contribution in [1.82, 2.24) is 10.3 Å². The van der Waals surface area contributed by atoms with Gasteiger partial charge in [-0.15, -0.1) is 0 Å². The highest BCUT2D eigenvalue weighted by atomic mass is 16.5. The highest BCUT2D eigenvalue weighted by Gasteiger charge is 2.23. The summed E-state index contributed by atoms with van der Waals surface area (Å²) in [5.41, 5.74) is 1.33. The van der Waals surface area contributed by atoms with E-state index in [9.17, 15) is 9.59 Å². The lowest BCUT2D eigenvalue weighted by Gasteiger charge is -2.19. The van der Waals surface area contributed by atoms with E-state index in [1.54, 1.807) is 54.9 Å². The van der Waals surface area contributed by atoms with E-state index in [-0.39, 0.29) is 12.5 Å². The first kappa shape index (κ1) is 19.1. The van der Waals surface area contributed by atoms with Crippen LogP contribution in [0.3, 0.4) is 0 Å². The predicted octanol–water partition coefficient (Wildman–Crippen LogP) is 3.44. The number of amides is 1. The Labute approximate surface area is 163 Å². The van der Waals surface area contributed by atoms with E-state index in [1.807, 2.05) is 24.3 Å². The van der Waals surface area contributed by atoms with Crippen LogP contribution in [0.2, 0.25) is 0 Å². The standard InChI is InChI=1S/C22H20N2O4/c1-16(25)27-20-12-6-5-8-17(20)15-24-22(26)21(18-9-7-13-23-14-18)28-19-10-3-2-4-11-19/h2-14,21H,15H2,1H3,(H,24,26). The molecule has 142 valence electrons. The lowest BCUT2D eigenvalue weighted by atomic mass is 10.1. The van der Waals surface area contributed by atoms with Gasteiger partial charge in [-0.1, -0.05) is 42.5 Å².